The summed E-state index contributed by atoms with van der Waals surface area (Å²) in [6.07, 6.45) is 3.65. The van der Waals surface area contributed by atoms with Gasteiger partial charge < -0.3 is 9.11 Å². The van der Waals surface area contributed by atoms with Crippen LogP contribution < -0.4 is 18.9 Å². The summed E-state index contributed by atoms with van der Waals surface area (Å²) in [6.45, 7) is 0. The fourth-order valence-electron chi connectivity index (χ4n) is 2.22. The van der Waals surface area contributed by atoms with Crippen molar-refractivity contribution >= 4 is 20.6 Å². The zero-order chi connectivity index (χ0) is 15.5. The maximum atomic E-state index is 8.56. The zero-order valence-electron chi connectivity index (χ0n) is 12.7. The molecule has 1 N–H and O–H groups in total. The van der Waals surface area contributed by atoms with Crippen molar-refractivity contribution in [3.05, 3.63) is 71.8 Å². The minimum Gasteiger partial charge on any atom is -0.750 e. The smallest absolute Gasteiger partial charge is 0.750 e. The number of hydrogen-bond donors (Lipinski definition) is 1. The second kappa shape index (κ2) is 13.0. The Hall–Kier alpha value is -0.463. The normalized spacial score (nSPS) is 11.1. The Kier molecular flexibility index (Phi) is 12.7. The molecule has 22 heavy (non-hydrogen) atoms. The van der Waals surface area contributed by atoms with E-state index in [1.165, 1.54) is 30.1 Å². The van der Waals surface area contributed by atoms with Crippen LogP contribution in [0.1, 0.15) is 29.9 Å². The molecule has 0 aromatic heterocycles. The van der Waals surface area contributed by atoms with Crippen LogP contribution in [0.15, 0.2) is 60.7 Å². The van der Waals surface area contributed by atoms with Crippen molar-refractivity contribution in [2.75, 3.05) is 6.16 Å². The largest absolute Gasteiger partial charge is 1.00 e. The SMILES string of the molecule is O=S([O-])O.PCCCC(c1ccccc1)c1ccccc1.[Li+]. The van der Waals surface area contributed by atoms with E-state index in [0.29, 0.717) is 5.92 Å². The van der Waals surface area contributed by atoms with Gasteiger partial charge in [0.2, 0.25) is 0 Å². The third-order valence-electron chi connectivity index (χ3n) is 3.10. The quantitative estimate of drug-likeness (QED) is 0.502. The third-order valence-corrected chi connectivity index (χ3v) is 3.51. The molecule has 0 bridgehead atoms. The van der Waals surface area contributed by atoms with E-state index < -0.39 is 11.4 Å². The zero-order valence-corrected chi connectivity index (χ0v) is 14.7. The van der Waals surface area contributed by atoms with Gasteiger partial charge >= 0.3 is 18.9 Å². The Bertz CT molecular complexity index is 482. The van der Waals surface area contributed by atoms with E-state index in [2.05, 4.69) is 69.9 Å². The summed E-state index contributed by atoms with van der Waals surface area (Å²) in [6, 6.07) is 21.6. The van der Waals surface area contributed by atoms with Gasteiger partial charge in [0.25, 0.3) is 0 Å². The number of benzene rings is 2. The molecule has 2 rings (SSSR count). The first-order valence-corrected chi connectivity index (χ1v) is 8.58. The van der Waals surface area contributed by atoms with Gasteiger partial charge in [0.15, 0.2) is 0 Å². The first kappa shape index (κ1) is 21.5. The van der Waals surface area contributed by atoms with Crippen LogP contribution in [0.25, 0.3) is 0 Å². The maximum Gasteiger partial charge on any atom is 1.00 e. The van der Waals surface area contributed by atoms with Crippen molar-refractivity contribution in [2.24, 2.45) is 0 Å². The Morgan fingerprint density at radius 1 is 1.00 bits per heavy atom. The molecule has 2 unspecified atom stereocenters. The predicted molar refractivity (Wildman–Crippen MR) is 90.1 cm³/mol. The van der Waals surface area contributed by atoms with Crippen molar-refractivity contribution in [3.8, 4) is 0 Å². The van der Waals surface area contributed by atoms with Crippen LogP contribution in [0.5, 0.6) is 0 Å². The Morgan fingerprint density at radius 2 is 1.36 bits per heavy atom. The fourth-order valence-corrected chi connectivity index (χ4v) is 2.45. The van der Waals surface area contributed by atoms with E-state index in [1.54, 1.807) is 0 Å². The van der Waals surface area contributed by atoms with Crippen LogP contribution in [0.4, 0.5) is 0 Å². The van der Waals surface area contributed by atoms with Gasteiger partial charge in [0.05, 0.1) is 11.4 Å². The monoisotopic (exact) mass is 330 g/mol. The minimum absolute atomic E-state index is 0. The van der Waals surface area contributed by atoms with Gasteiger partial charge in [-0.25, -0.2) is 4.21 Å². The van der Waals surface area contributed by atoms with Gasteiger partial charge in [0.1, 0.15) is 0 Å². The molecule has 2 aromatic carbocycles. The summed E-state index contributed by atoms with van der Waals surface area (Å²) < 4.78 is 24.1. The third kappa shape index (κ3) is 8.85. The molecule has 0 aliphatic carbocycles. The first-order valence-electron chi connectivity index (χ1n) is 6.73. The maximum absolute atomic E-state index is 8.56. The van der Waals surface area contributed by atoms with Crippen molar-refractivity contribution < 1.29 is 32.2 Å². The molecule has 0 fully saturated rings. The molecule has 2 atom stereocenters. The molecule has 2 aromatic rings. The molecule has 0 saturated carbocycles. The molecule has 0 aliphatic rings. The molecule has 0 saturated heterocycles. The van der Waals surface area contributed by atoms with E-state index in [0.717, 1.165) is 0 Å². The van der Waals surface area contributed by atoms with Gasteiger partial charge in [0, 0.05) is 5.92 Å². The second-order valence-electron chi connectivity index (χ2n) is 4.52. The second-order valence-corrected chi connectivity index (χ2v) is 5.53. The van der Waals surface area contributed by atoms with Crippen molar-refractivity contribution in [1.82, 2.24) is 0 Å². The fraction of sp³-hybridized carbons (Fsp3) is 0.250. The van der Waals surface area contributed by atoms with E-state index in [1.807, 2.05) is 0 Å². The van der Waals surface area contributed by atoms with E-state index in [-0.39, 0.29) is 18.9 Å². The molecule has 0 spiro atoms. The average Bonchev–Trinajstić information content (AvgIpc) is 2.49. The molecular formula is C16H20LiO3PS. The average molecular weight is 330 g/mol. The van der Waals surface area contributed by atoms with Crippen LogP contribution in [-0.4, -0.2) is 19.5 Å². The van der Waals surface area contributed by atoms with Crippen LogP contribution in [0.3, 0.4) is 0 Å². The molecular weight excluding hydrogens is 310 g/mol. The Labute approximate surface area is 149 Å². The van der Waals surface area contributed by atoms with E-state index >= 15 is 0 Å². The summed E-state index contributed by atoms with van der Waals surface area (Å²) in [7, 11) is 2.82. The van der Waals surface area contributed by atoms with Crippen LogP contribution in [0.2, 0.25) is 0 Å². The molecule has 6 heteroatoms. The summed E-state index contributed by atoms with van der Waals surface area (Å²) >= 11 is -2.86. The molecule has 0 radical (unpaired) electrons. The number of hydrogen-bond acceptors (Lipinski definition) is 2. The molecule has 0 amide bonds. The Morgan fingerprint density at radius 3 is 1.68 bits per heavy atom. The van der Waals surface area contributed by atoms with Gasteiger partial charge in [-0.05, 0) is 30.1 Å². The minimum atomic E-state index is -2.86. The van der Waals surface area contributed by atoms with Gasteiger partial charge in [-0.3, -0.25) is 0 Å². The molecule has 114 valence electrons. The standard InChI is InChI=1S/C16H19P.Li.H2O3S/c17-13-7-12-16(14-8-3-1-4-9-14)15-10-5-2-6-11-15;;1-4(2)3/h1-6,8-11,16H,7,12-13,17H2;;(H2,1,2,3)/q;+1;/p-1. The van der Waals surface area contributed by atoms with Crippen LogP contribution >= 0.6 is 9.24 Å². The van der Waals surface area contributed by atoms with E-state index in [4.69, 9.17) is 13.3 Å². The van der Waals surface area contributed by atoms with Crippen molar-refractivity contribution in [2.45, 2.75) is 18.8 Å². The summed E-state index contributed by atoms with van der Waals surface area (Å²) in [5.74, 6) is 0.540. The van der Waals surface area contributed by atoms with Crippen LogP contribution in [0, 0.1) is 0 Å². The van der Waals surface area contributed by atoms with Crippen molar-refractivity contribution in [1.29, 1.82) is 0 Å². The van der Waals surface area contributed by atoms with Crippen LogP contribution in [-0.2, 0) is 11.4 Å². The molecule has 3 nitrogen and oxygen atoms in total. The topological polar surface area (TPSA) is 60.4 Å². The molecule has 0 aliphatic heterocycles. The number of rotatable bonds is 5. The van der Waals surface area contributed by atoms with Gasteiger partial charge in [-0.15, -0.1) is 9.24 Å². The summed E-state index contributed by atoms with van der Waals surface area (Å²) in [5.41, 5.74) is 2.86. The van der Waals surface area contributed by atoms with Crippen molar-refractivity contribution in [3.63, 3.8) is 0 Å². The van der Waals surface area contributed by atoms with E-state index in [9.17, 15) is 0 Å². The summed E-state index contributed by atoms with van der Waals surface area (Å²) in [4.78, 5) is 0. The molecule has 0 heterocycles. The van der Waals surface area contributed by atoms with Gasteiger partial charge in [-0.1, -0.05) is 60.7 Å². The van der Waals surface area contributed by atoms with Gasteiger partial charge in [-0.2, -0.15) is 0 Å². The first-order chi connectivity index (χ1) is 10.1. The Balaban J connectivity index is 0.000000791. The summed E-state index contributed by atoms with van der Waals surface area (Å²) in [5, 5.41) is 0. The predicted octanol–water partition coefficient (Wildman–Crippen LogP) is 0.816.